The van der Waals surface area contributed by atoms with Crippen molar-refractivity contribution in [3.05, 3.63) is 35.9 Å². The Morgan fingerprint density at radius 1 is 1.19 bits per heavy atom. The maximum Gasteiger partial charge on any atom is 0.240 e. The van der Waals surface area contributed by atoms with Gasteiger partial charge in [0.05, 0.1) is 6.04 Å². The molecule has 1 aromatic carbocycles. The second-order valence-corrected chi connectivity index (χ2v) is 5.47. The molecule has 0 fully saturated rings. The van der Waals surface area contributed by atoms with Crippen LogP contribution in [0.1, 0.15) is 32.8 Å². The average Bonchev–Trinajstić information content (AvgIpc) is 2.46. The van der Waals surface area contributed by atoms with Gasteiger partial charge in [0.1, 0.15) is 6.04 Å². The number of carbonyl (C=O) groups excluding carboxylic acids is 2. The molecule has 5 heteroatoms. The van der Waals surface area contributed by atoms with Crippen molar-refractivity contribution in [3.63, 3.8) is 0 Å². The Morgan fingerprint density at radius 2 is 1.76 bits per heavy atom. The molecule has 3 atom stereocenters. The van der Waals surface area contributed by atoms with Crippen LogP contribution in [0.3, 0.4) is 0 Å². The molecule has 0 aliphatic rings. The van der Waals surface area contributed by atoms with Gasteiger partial charge in [0.2, 0.25) is 11.8 Å². The van der Waals surface area contributed by atoms with E-state index in [0.717, 1.165) is 12.0 Å². The fourth-order valence-electron chi connectivity index (χ4n) is 2.32. The van der Waals surface area contributed by atoms with Crippen molar-refractivity contribution in [1.82, 2.24) is 4.90 Å². The second kappa shape index (κ2) is 7.78. The Hall–Kier alpha value is -1.88. The van der Waals surface area contributed by atoms with Crippen molar-refractivity contribution in [2.24, 2.45) is 17.4 Å². The molecule has 0 saturated carbocycles. The normalized spacial score (nSPS) is 15.0. The Balaban J connectivity index is 3.11. The van der Waals surface area contributed by atoms with E-state index in [2.05, 4.69) is 0 Å². The lowest BCUT2D eigenvalue weighted by Crippen LogP contribution is -2.54. The first kappa shape index (κ1) is 17.2. The van der Waals surface area contributed by atoms with Crippen LogP contribution in [0.4, 0.5) is 0 Å². The number of hydrogen-bond donors (Lipinski definition) is 2. The quantitative estimate of drug-likeness (QED) is 0.792. The Morgan fingerprint density at radius 3 is 2.19 bits per heavy atom. The minimum atomic E-state index is -0.667. The lowest BCUT2D eigenvalue weighted by molar-refractivity contribution is -0.142. The molecule has 0 spiro atoms. The zero-order valence-corrected chi connectivity index (χ0v) is 13.0. The molecular weight excluding hydrogens is 266 g/mol. The first-order chi connectivity index (χ1) is 9.88. The topological polar surface area (TPSA) is 89.4 Å². The maximum absolute atomic E-state index is 12.4. The van der Waals surface area contributed by atoms with E-state index in [9.17, 15) is 9.59 Å². The zero-order chi connectivity index (χ0) is 16.0. The molecule has 1 aromatic rings. The van der Waals surface area contributed by atoms with Crippen molar-refractivity contribution in [2.75, 3.05) is 0 Å². The standard InChI is InChI=1S/C16H25N3O2/c1-4-11(2)14(15(18)20)19(16(21)12(3)17)10-13-8-6-5-7-9-13/h5-9,11-12,14H,4,10,17H2,1-3H3,(H2,18,20)/t11-,12-,14-/m0/s1. The summed E-state index contributed by atoms with van der Waals surface area (Å²) in [6, 6.07) is 8.21. The Kier molecular flexibility index (Phi) is 6.37. The van der Waals surface area contributed by atoms with E-state index < -0.39 is 18.0 Å². The molecule has 1 rings (SSSR count). The summed E-state index contributed by atoms with van der Waals surface area (Å²) in [5.41, 5.74) is 12.2. The Labute approximate surface area is 126 Å². The van der Waals surface area contributed by atoms with E-state index >= 15 is 0 Å². The summed E-state index contributed by atoms with van der Waals surface area (Å²) < 4.78 is 0. The van der Waals surface area contributed by atoms with Crippen LogP contribution in [0.15, 0.2) is 30.3 Å². The monoisotopic (exact) mass is 291 g/mol. The molecule has 0 aromatic heterocycles. The Bertz CT molecular complexity index is 474. The largest absolute Gasteiger partial charge is 0.368 e. The smallest absolute Gasteiger partial charge is 0.240 e. The summed E-state index contributed by atoms with van der Waals surface area (Å²) in [4.78, 5) is 25.8. The fourth-order valence-corrected chi connectivity index (χ4v) is 2.32. The van der Waals surface area contributed by atoms with Gasteiger partial charge in [-0.2, -0.15) is 0 Å². The molecule has 0 unspecified atom stereocenters. The van der Waals surface area contributed by atoms with Crippen molar-refractivity contribution in [2.45, 2.75) is 45.8 Å². The molecule has 0 bridgehead atoms. The first-order valence-corrected chi connectivity index (χ1v) is 7.27. The molecule has 4 N–H and O–H groups in total. The van der Waals surface area contributed by atoms with Crippen molar-refractivity contribution in [1.29, 1.82) is 0 Å². The summed E-state index contributed by atoms with van der Waals surface area (Å²) in [7, 11) is 0. The van der Waals surface area contributed by atoms with Crippen LogP contribution in [0, 0.1) is 5.92 Å². The number of rotatable bonds is 7. The summed E-state index contributed by atoms with van der Waals surface area (Å²) in [6.07, 6.45) is 0.755. The van der Waals surface area contributed by atoms with Gasteiger partial charge in [-0.1, -0.05) is 50.6 Å². The van der Waals surface area contributed by atoms with Gasteiger partial charge in [-0.15, -0.1) is 0 Å². The predicted octanol–water partition coefficient (Wildman–Crippen LogP) is 1.26. The number of nitrogens with zero attached hydrogens (tertiary/aromatic N) is 1. The molecule has 0 heterocycles. The number of amides is 2. The van der Waals surface area contributed by atoms with E-state index in [1.807, 2.05) is 44.2 Å². The van der Waals surface area contributed by atoms with E-state index in [1.165, 1.54) is 4.90 Å². The van der Waals surface area contributed by atoms with Crippen molar-refractivity contribution < 1.29 is 9.59 Å². The molecular formula is C16H25N3O2. The van der Waals surface area contributed by atoms with Crippen LogP contribution in [0.25, 0.3) is 0 Å². The van der Waals surface area contributed by atoms with Crippen LogP contribution < -0.4 is 11.5 Å². The van der Waals surface area contributed by atoms with Crippen LogP contribution >= 0.6 is 0 Å². The van der Waals surface area contributed by atoms with Crippen LogP contribution in [-0.4, -0.2) is 28.8 Å². The first-order valence-electron chi connectivity index (χ1n) is 7.27. The van der Waals surface area contributed by atoms with Crippen LogP contribution in [0.5, 0.6) is 0 Å². The molecule has 0 saturated heterocycles. The highest BCUT2D eigenvalue weighted by Gasteiger charge is 2.33. The van der Waals surface area contributed by atoms with Gasteiger partial charge < -0.3 is 16.4 Å². The van der Waals surface area contributed by atoms with Gasteiger partial charge in [-0.25, -0.2) is 0 Å². The fraction of sp³-hybridized carbons (Fsp3) is 0.500. The molecule has 5 nitrogen and oxygen atoms in total. The number of benzene rings is 1. The van der Waals surface area contributed by atoms with E-state index in [0.29, 0.717) is 6.54 Å². The van der Waals surface area contributed by atoms with Crippen LogP contribution in [0.2, 0.25) is 0 Å². The number of carbonyl (C=O) groups is 2. The SMILES string of the molecule is CC[C@H](C)[C@@H](C(N)=O)N(Cc1ccccc1)C(=O)[C@H](C)N. The van der Waals surface area contributed by atoms with Crippen LogP contribution in [-0.2, 0) is 16.1 Å². The molecule has 21 heavy (non-hydrogen) atoms. The summed E-state index contributed by atoms with van der Waals surface area (Å²) in [5.74, 6) is -0.772. The number of hydrogen-bond acceptors (Lipinski definition) is 3. The predicted molar refractivity (Wildman–Crippen MR) is 83.1 cm³/mol. The number of primary amides is 1. The third-order valence-electron chi connectivity index (χ3n) is 3.68. The summed E-state index contributed by atoms with van der Waals surface area (Å²) >= 11 is 0. The summed E-state index contributed by atoms with van der Waals surface area (Å²) in [6.45, 7) is 5.84. The van der Waals surface area contributed by atoms with E-state index in [-0.39, 0.29) is 11.8 Å². The molecule has 116 valence electrons. The second-order valence-electron chi connectivity index (χ2n) is 5.47. The van der Waals surface area contributed by atoms with E-state index in [1.54, 1.807) is 6.92 Å². The van der Waals surface area contributed by atoms with Gasteiger partial charge >= 0.3 is 0 Å². The highest BCUT2D eigenvalue weighted by atomic mass is 16.2. The highest BCUT2D eigenvalue weighted by molar-refractivity contribution is 5.89. The van der Waals surface area contributed by atoms with Gasteiger partial charge in [0, 0.05) is 6.54 Å². The maximum atomic E-state index is 12.4. The summed E-state index contributed by atoms with van der Waals surface area (Å²) in [5, 5.41) is 0. The number of nitrogens with two attached hydrogens (primary N) is 2. The third-order valence-corrected chi connectivity index (χ3v) is 3.68. The van der Waals surface area contributed by atoms with Crippen molar-refractivity contribution >= 4 is 11.8 Å². The molecule has 0 aliphatic carbocycles. The minimum absolute atomic E-state index is 0.0195. The molecule has 2 amide bonds. The molecule has 0 aliphatic heterocycles. The molecule has 0 radical (unpaired) electrons. The lowest BCUT2D eigenvalue weighted by Gasteiger charge is -2.34. The zero-order valence-electron chi connectivity index (χ0n) is 13.0. The minimum Gasteiger partial charge on any atom is -0.368 e. The van der Waals surface area contributed by atoms with Gasteiger partial charge in [-0.3, -0.25) is 9.59 Å². The third kappa shape index (κ3) is 4.56. The van der Waals surface area contributed by atoms with Gasteiger partial charge in [0.25, 0.3) is 0 Å². The lowest BCUT2D eigenvalue weighted by atomic mass is 9.95. The average molecular weight is 291 g/mol. The van der Waals surface area contributed by atoms with E-state index in [4.69, 9.17) is 11.5 Å². The van der Waals surface area contributed by atoms with Gasteiger partial charge in [-0.05, 0) is 18.4 Å². The van der Waals surface area contributed by atoms with Crippen molar-refractivity contribution in [3.8, 4) is 0 Å². The van der Waals surface area contributed by atoms with Gasteiger partial charge in [0.15, 0.2) is 0 Å². The highest BCUT2D eigenvalue weighted by Crippen LogP contribution is 2.18.